The van der Waals surface area contributed by atoms with Crippen LogP contribution in [0.15, 0.2) is 16.6 Å². The van der Waals surface area contributed by atoms with Gasteiger partial charge in [-0.1, -0.05) is 13.8 Å². The number of amides is 2. The summed E-state index contributed by atoms with van der Waals surface area (Å²) >= 11 is 1.21. The fourth-order valence-electron chi connectivity index (χ4n) is 2.24. The van der Waals surface area contributed by atoms with Gasteiger partial charge in [0.2, 0.25) is 17.6 Å². The molecule has 0 aliphatic rings. The molecule has 1 heterocycles. The van der Waals surface area contributed by atoms with Gasteiger partial charge in [0, 0.05) is 31.1 Å². The number of thiazole rings is 1. The summed E-state index contributed by atoms with van der Waals surface area (Å²) in [5.41, 5.74) is 10.6. The Morgan fingerprint density at radius 1 is 1.35 bits per heavy atom. The fourth-order valence-corrected chi connectivity index (χ4v) is 2.87. The van der Waals surface area contributed by atoms with Crippen molar-refractivity contribution in [1.82, 2.24) is 15.2 Å². The number of aliphatic imine (C=N–C) groups is 1. The third-order valence-electron chi connectivity index (χ3n) is 3.49. The van der Waals surface area contributed by atoms with Crippen molar-refractivity contribution in [2.45, 2.75) is 32.7 Å². The van der Waals surface area contributed by atoms with Crippen molar-refractivity contribution in [3.05, 3.63) is 16.6 Å². The molecule has 2 amide bonds. The maximum Gasteiger partial charge on any atom is 0.240 e. The van der Waals surface area contributed by atoms with E-state index in [1.807, 2.05) is 0 Å². The van der Waals surface area contributed by atoms with E-state index in [9.17, 15) is 14.4 Å². The number of nitrogens with one attached hydrogen (secondary N) is 1. The van der Waals surface area contributed by atoms with E-state index in [2.05, 4.69) is 15.3 Å². The average Bonchev–Trinajstić information content (AvgIpc) is 3.10. The highest BCUT2D eigenvalue weighted by molar-refractivity contribution is 7.11. The number of nitrogens with two attached hydrogens (primary N) is 2. The Labute approximate surface area is 156 Å². The van der Waals surface area contributed by atoms with Crippen LogP contribution in [0.25, 0.3) is 0 Å². The van der Waals surface area contributed by atoms with E-state index in [1.54, 1.807) is 26.3 Å². The second kappa shape index (κ2) is 10.5. The molecule has 0 aliphatic heterocycles. The Balaban J connectivity index is 2.71. The molecule has 9 nitrogen and oxygen atoms in total. The largest absolute Gasteiger partial charge is 0.370 e. The molecule has 1 rings (SSSR count). The quantitative estimate of drug-likeness (QED) is 0.224. The molecule has 0 aromatic carbocycles. The van der Waals surface area contributed by atoms with E-state index in [0.29, 0.717) is 24.4 Å². The fraction of sp³-hybridized carbons (Fsp3) is 0.562. The molecule has 0 saturated heterocycles. The van der Waals surface area contributed by atoms with Gasteiger partial charge in [0.15, 0.2) is 11.0 Å². The predicted molar refractivity (Wildman–Crippen MR) is 101 cm³/mol. The number of nitrogens with zero attached hydrogens (tertiary/aromatic N) is 3. The van der Waals surface area contributed by atoms with E-state index in [-0.39, 0.29) is 30.1 Å². The monoisotopic (exact) mass is 382 g/mol. The van der Waals surface area contributed by atoms with Crippen LogP contribution in [0.5, 0.6) is 0 Å². The molecule has 0 saturated carbocycles. The van der Waals surface area contributed by atoms with Gasteiger partial charge in [-0.05, 0) is 12.8 Å². The molecular weight excluding hydrogens is 356 g/mol. The summed E-state index contributed by atoms with van der Waals surface area (Å²) in [5, 5.41) is 4.71. The summed E-state index contributed by atoms with van der Waals surface area (Å²) < 4.78 is 0. The summed E-state index contributed by atoms with van der Waals surface area (Å²) in [4.78, 5) is 45.9. The lowest BCUT2D eigenvalue weighted by molar-refractivity contribution is -0.137. The van der Waals surface area contributed by atoms with E-state index in [0.717, 1.165) is 0 Å². The highest BCUT2D eigenvalue weighted by atomic mass is 32.1. The normalized spacial score (nSPS) is 11.7. The minimum atomic E-state index is -0.745. The van der Waals surface area contributed by atoms with E-state index >= 15 is 0 Å². The molecule has 0 bridgehead atoms. The Morgan fingerprint density at radius 3 is 2.58 bits per heavy atom. The van der Waals surface area contributed by atoms with Crippen LogP contribution in [-0.4, -0.2) is 59.6 Å². The zero-order valence-corrected chi connectivity index (χ0v) is 16.1. The van der Waals surface area contributed by atoms with Crippen molar-refractivity contribution in [2.75, 3.05) is 20.1 Å². The first-order chi connectivity index (χ1) is 12.2. The van der Waals surface area contributed by atoms with Crippen LogP contribution in [0.4, 0.5) is 0 Å². The van der Waals surface area contributed by atoms with Crippen LogP contribution >= 0.6 is 11.3 Å². The molecule has 0 fully saturated rings. The first-order valence-corrected chi connectivity index (χ1v) is 9.13. The first-order valence-electron chi connectivity index (χ1n) is 8.25. The van der Waals surface area contributed by atoms with Crippen molar-refractivity contribution in [3.63, 3.8) is 0 Å². The van der Waals surface area contributed by atoms with Crippen molar-refractivity contribution >= 4 is 34.9 Å². The molecule has 0 spiro atoms. The van der Waals surface area contributed by atoms with Crippen LogP contribution in [0.1, 0.15) is 36.5 Å². The Morgan fingerprint density at radius 2 is 2.04 bits per heavy atom. The van der Waals surface area contributed by atoms with Gasteiger partial charge < -0.3 is 21.7 Å². The lowest BCUT2D eigenvalue weighted by Crippen LogP contribution is -2.46. The molecule has 0 radical (unpaired) electrons. The zero-order valence-electron chi connectivity index (χ0n) is 15.3. The Kier molecular flexibility index (Phi) is 8.70. The lowest BCUT2D eigenvalue weighted by atomic mass is 10.1. The molecule has 1 aromatic rings. The van der Waals surface area contributed by atoms with Crippen molar-refractivity contribution in [1.29, 1.82) is 0 Å². The second-order valence-corrected chi connectivity index (χ2v) is 7.01. The summed E-state index contributed by atoms with van der Waals surface area (Å²) in [5.74, 6) is -1.05. The van der Waals surface area contributed by atoms with Gasteiger partial charge in [0.1, 0.15) is 0 Å². The Hall–Kier alpha value is -2.49. The number of ketones is 1. The van der Waals surface area contributed by atoms with Gasteiger partial charge >= 0.3 is 0 Å². The number of Topliss-reactive ketones (excluding diaryl/α,β-unsaturated/α-hetero) is 1. The van der Waals surface area contributed by atoms with Gasteiger partial charge in [0.05, 0.1) is 12.6 Å². The number of hydrogen-bond acceptors (Lipinski definition) is 6. The maximum atomic E-state index is 12.6. The van der Waals surface area contributed by atoms with E-state index < -0.39 is 11.9 Å². The summed E-state index contributed by atoms with van der Waals surface area (Å²) in [7, 11) is 1.55. The third kappa shape index (κ3) is 7.18. The molecule has 10 heteroatoms. The number of likely N-dealkylation sites (N-methyl/N-ethyl adjacent to an activating group) is 1. The predicted octanol–water partition coefficient (Wildman–Crippen LogP) is -0.0214. The van der Waals surface area contributed by atoms with Gasteiger partial charge in [-0.25, -0.2) is 4.98 Å². The lowest BCUT2D eigenvalue weighted by Gasteiger charge is -2.21. The molecule has 1 unspecified atom stereocenters. The SMILES string of the molecule is CC(C)C(=O)N(C)CC(=O)NC(CCCN=C(N)N)C(=O)c1nccs1. The van der Waals surface area contributed by atoms with Crippen molar-refractivity contribution in [2.24, 2.45) is 22.4 Å². The minimum absolute atomic E-state index is 0.0225. The van der Waals surface area contributed by atoms with Crippen molar-refractivity contribution < 1.29 is 14.4 Å². The van der Waals surface area contributed by atoms with Crippen LogP contribution in [0.2, 0.25) is 0 Å². The van der Waals surface area contributed by atoms with Gasteiger partial charge in [0.25, 0.3) is 0 Å². The van der Waals surface area contributed by atoms with Crippen LogP contribution < -0.4 is 16.8 Å². The minimum Gasteiger partial charge on any atom is -0.370 e. The smallest absolute Gasteiger partial charge is 0.240 e. The summed E-state index contributed by atoms with van der Waals surface area (Å²) in [6.45, 7) is 3.75. The zero-order chi connectivity index (χ0) is 19.7. The van der Waals surface area contributed by atoms with Crippen LogP contribution in [0.3, 0.4) is 0 Å². The topological polar surface area (TPSA) is 144 Å². The third-order valence-corrected chi connectivity index (χ3v) is 4.28. The summed E-state index contributed by atoms with van der Waals surface area (Å²) in [6, 6.07) is -0.745. The molecule has 1 aromatic heterocycles. The average molecular weight is 382 g/mol. The molecular formula is C16H26N6O3S. The molecule has 0 aliphatic carbocycles. The van der Waals surface area contributed by atoms with Crippen molar-refractivity contribution in [3.8, 4) is 0 Å². The second-order valence-electron chi connectivity index (χ2n) is 6.12. The number of carbonyl (C=O) groups is 3. The molecule has 26 heavy (non-hydrogen) atoms. The number of aromatic nitrogens is 1. The van der Waals surface area contributed by atoms with Crippen LogP contribution in [0, 0.1) is 5.92 Å². The number of carbonyl (C=O) groups excluding carboxylic acids is 3. The number of guanidine groups is 1. The number of rotatable bonds is 10. The molecule has 5 N–H and O–H groups in total. The van der Waals surface area contributed by atoms with E-state index in [4.69, 9.17) is 11.5 Å². The van der Waals surface area contributed by atoms with Gasteiger partial charge in [-0.2, -0.15) is 0 Å². The summed E-state index contributed by atoms with van der Waals surface area (Å²) in [6.07, 6.45) is 2.41. The highest BCUT2D eigenvalue weighted by Crippen LogP contribution is 2.11. The standard InChI is InChI=1S/C16H26N6O3S/c1-10(2)15(25)22(3)9-12(23)21-11(5-4-6-20-16(17)18)13(24)14-19-7-8-26-14/h7-8,10-11H,4-6,9H2,1-3H3,(H,21,23)(H4,17,18,20). The number of hydrogen-bond donors (Lipinski definition) is 3. The highest BCUT2D eigenvalue weighted by Gasteiger charge is 2.25. The van der Waals surface area contributed by atoms with Gasteiger partial charge in [-0.15, -0.1) is 11.3 Å². The van der Waals surface area contributed by atoms with Crippen LogP contribution in [-0.2, 0) is 9.59 Å². The first kappa shape index (κ1) is 21.6. The van der Waals surface area contributed by atoms with Gasteiger partial charge in [-0.3, -0.25) is 19.4 Å². The molecule has 1 atom stereocenters. The maximum absolute atomic E-state index is 12.6. The molecule has 144 valence electrons. The Bertz CT molecular complexity index is 640. The van der Waals surface area contributed by atoms with E-state index in [1.165, 1.54) is 22.4 Å².